The Kier molecular flexibility index (Phi) is 5.26. The van der Waals surface area contributed by atoms with E-state index in [1.54, 1.807) is 0 Å². The number of rotatable bonds is 6. The average Bonchev–Trinajstić information content (AvgIpc) is 2.28. The van der Waals surface area contributed by atoms with Gasteiger partial charge in [-0.2, -0.15) is 0 Å². The van der Waals surface area contributed by atoms with E-state index in [9.17, 15) is 10.2 Å². The monoisotopic (exact) mass is 244 g/mol. The van der Waals surface area contributed by atoms with Gasteiger partial charge in [-0.3, -0.25) is 0 Å². The molecule has 1 aromatic rings. The van der Waals surface area contributed by atoms with Crippen LogP contribution in [0.5, 0.6) is 17.2 Å². The minimum absolute atomic E-state index is 0.0731. The molecule has 16 heavy (non-hydrogen) atoms. The first-order valence-electron chi connectivity index (χ1n) is 5.50. The van der Waals surface area contributed by atoms with E-state index in [-0.39, 0.29) is 22.3 Å². The standard InChI is InChI=1S/C12H17ClO3/c1-2-3-4-5-8-16-12-10(14)7-6-9(13)11(12)15/h6-7,14-15H,2-5,8H2,1H3. The van der Waals surface area contributed by atoms with E-state index in [1.165, 1.54) is 12.1 Å². The molecule has 0 amide bonds. The summed E-state index contributed by atoms with van der Waals surface area (Å²) in [5, 5.41) is 19.2. The fourth-order valence-electron chi connectivity index (χ4n) is 1.38. The van der Waals surface area contributed by atoms with Crippen molar-refractivity contribution in [2.24, 2.45) is 0 Å². The molecule has 0 spiro atoms. The summed E-state index contributed by atoms with van der Waals surface area (Å²) in [5.74, 6) is -0.210. The summed E-state index contributed by atoms with van der Waals surface area (Å²) >= 11 is 5.71. The van der Waals surface area contributed by atoms with Crippen LogP contribution < -0.4 is 4.74 Å². The largest absolute Gasteiger partial charge is 0.504 e. The minimum Gasteiger partial charge on any atom is -0.504 e. The third kappa shape index (κ3) is 3.49. The molecule has 0 aromatic heterocycles. The molecule has 0 atom stereocenters. The predicted molar refractivity (Wildman–Crippen MR) is 64.4 cm³/mol. The molecule has 0 saturated heterocycles. The van der Waals surface area contributed by atoms with Crippen LogP contribution in [0.25, 0.3) is 0 Å². The summed E-state index contributed by atoms with van der Waals surface area (Å²) in [6, 6.07) is 2.83. The second kappa shape index (κ2) is 6.48. The Balaban J connectivity index is 2.50. The third-order valence-electron chi connectivity index (χ3n) is 2.31. The van der Waals surface area contributed by atoms with Crippen LogP contribution in [0.4, 0.5) is 0 Å². The van der Waals surface area contributed by atoms with E-state index in [0.717, 1.165) is 25.7 Å². The molecule has 0 radical (unpaired) electrons. The van der Waals surface area contributed by atoms with Gasteiger partial charge in [0.05, 0.1) is 11.6 Å². The summed E-state index contributed by atoms with van der Waals surface area (Å²) in [6.07, 6.45) is 4.31. The van der Waals surface area contributed by atoms with Crippen molar-refractivity contribution in [1.82, 2.24) is 0 Å². The molecule has 0 aliphatic carbocycles. The third-order valence-corrected chi connectivity index (χ3v) is 2.61. The minimum atomic E-state index is -0.197. The lowest BCUT2D eigenvalue weighted by Crippen LogP contribution is -1.98. The Bertz CT molecular complexity index is 339. The highest BCUT2D eigenvalue weighted by Gasteiger charge is 2.12. The number of aromatic hydroxyl groups is 2. The van der Waals surface area contributed by atoms with Gasteiger partial charge in [0.15, 0.2) is 11.5 Å². The molecule has 0 bridgehead atoms. The van der Waals surface area contributed by atoms with Gasteiger partial charge in [0.1, 0.15) is 0 Å². The van der Waals surface area contributed by atoms with Gasteiger partial charge in [-0.1, -0.05) is 37.8 Å². The van der Waals surface area contributed by atoms with Crippen molar-refractivity contribution < 1.29 is 14.9 Å². The van der Waals surface area contributed by atoms with Crippen LogP contribution in [0.1, 0.15) is 32.6 Å². The predicted octanol–water partition coefficient (Wildman–Crippen LogP) is 3.71. The molecule has 0 aliphatic heterocycles. The number of benzene rings is 1. The first-order chi connectivity index (χ1) is 7.66. The first-order valence-corrected chi connectivity index (χ1v) is 5.87. The number of phenolic OH excluding ortho intramolecular Hbond substituents is 2. The SMILES string of the molecule is CCCCCCOc1c(O)ccc(Cl)c1O. The molecular weight excluding hydrogens is 228 g/mol. The lowest BCUT2D eigenvalue weighted by atomic mass is 10.2. The molecule has 1 aromatic carbocycles. The molecule has 0 unspecified atom stereocenters. The van der Waals surface area contributed by atoms with Gasteiger partial charge in [-0.05, 0) is 18.6 Å². The zero-order valence-corrected chi connectivity index (χ0v) is 10.1. The van der Waals surface area contributed by atoms with Crippen molar-refractivity contribution in [2.75, 3.05) is 6.61 Å². The van der Waals surface area contributed by atoms with Gasteiger partial charge in [0, 0.05) is 0 Å². The van der Waals surface area contributed by atoms with Gasteiger partial charge in [0.25, 0.3) is 0 Å². The van der Waals surface area contributed by atoms with E-state index in [4.69, 9.17) is 16.3 Å². The highest BCUT2D eigenvalue weighted by molar-refractivity contribution is 6.32. The van der Waals surface area contributed by atoms with Crippen molar-refractivity contribution in [3.05, 3.63) is 17.2 Å². The van der Waals surface area contributed by atoms with Crippen LogP contribution in [0.3, 0.4) is 0 Å². The summed E-state index contributed by atoms with van der Waals surface area (Å²) in [5.41, 5.74) is 0. The van der Waals surface area contributed by atoms with Gasteiger partial charge in [-0.15, -0.1) is 0 Å². The Morgan fingerprint density at radius 3 is 2.62 bits per heavy atom. The maximum Gasteiger partial charge on any atom is 0.204 e. The number of hydrogen-bond acceptors (Lipinski definition) is 3. The molecule has 1 rings (SSSR count). The van der Waals surface area contributed by atoms with Crippen LogP contribution >= 0.6 is 11.6 Å². The zero-order valence-electron chi connectivity index (χ0n) is 9.37. The van der Waals surface area contributed by atoms with Crippen LogP contribution in [0.15, 0.2) is 12.1 Å². The van der Waals surface area contributed by atoms with E-state index >= 15 is 0 Å². The van der Waals surface area contributed by atoms with Gasteiger partial charge in [0.2, 0.25) is 5.75 Å². The van der Waals surface area contributed by atoms with Gasteiger partial charge >= 0.3 is 0 Å². The summed E-state index contributed by atoms with van der Waals surface area (Å²) < 4.78 is 5.31. The molecular formula is C12H17ClO3. The Morgan fingerprint density at radius 1 is 1.19 bits per heavy atom. The Morgan fingerprint density at radius 2 is 1.94 bits per heavy atom. The lowest BCUT2D eigenvalue weighted by Gasteiger charge is -2.10. The average molecular weight is 245 g/mol. The number of hydrogen-bond donors (Lipinski definition) is 2. The quantitative estimate of drug-likeness (QED) is 0.750. The fourth-order valence-corrected chi connectivity index (χ4v) is 1.53. The van der Waals surface area contributed by atoms with Gasteiger partial charge in [-0.25, -0.2) is 0 Å². The number of ether oxygens (including phenoxy) is 1. The molecule has 90 valence electrons. The van der Waals surface area contributed by atoms with E-state index < -0.39 is 0 Å². The van der Waals surface area contributed by atoms with Crippen molar-refractivity contribution in [2.45, 2.75) is 32.6 Å². The molecule has 2 N–H and O–H groups in total. The van der Waals surface area contributed by atoms with Crippen molar-refractivity contribution in [3.8, 4) is 17.2 Å². The molecule has 3 nitrogen and oxygen atoms in total. The lowest BCUT2D eigenvalue weighted by molar-refractivity contribution is 0.274. The smallest absolute Gasteiger partial charge is 0.204 e. The van der Waals surface area contributed by atoms with Crippen molar-refractivity contribution in [1.29, 1.82) is 0 Å². The molecule has 0 fully saturated rings. The second-order valence-electron chi connectivity index (χ2n) is 3.65. The van der Waals surface area contributed by atoms with Crippen molar-refractivity contribution in [3.63, 3.8) is 0 Å². The molecule has 0 heterocycles. The number of halogens is 1. The first kappa shape index (κ1) is 13.0. The van der Waals surface area contributed by atoms with Gasteiger partial charge < -0.3 is 14.9 Å². The number of phenols is 2. The maximum absolute atomic E-state index is 9.56. The maximum atomic E-state index is 9.56. The van der Waals surface area contributed by atoms with E-state index in [2.05, 4.69) is 6.92 Å². The Hall–Kier alpha value is -1.09. The molecule has 4 heteroatoms. The van der Waals surface area contributed by atoms with Crippen LogP contribution in [-0.4, -0.2) is 16.8 Å². The molecule has 0 saturated carbocycles. The highest BCUT2D eigenvalue weighted by atomic mass is 35.5. The van der Waals surface area contributed by atoms with Crippen LogP contribution in [0.2, 0.25) is 5.02 Å². The topological polar surface area (TPSA) is 49.7 Å². The van der Waals surface area contributed by atoms with E-state index in [0.29, 0.717) is 6.61 Å². The Labute approximate surface area is 101 Å². The molecule has 0 aliphatic rings. The normalized spacial score (nSPS) is 10.4. The fraction of sp³-hybridized carbons (Fsp3) is 0.500. The summed E-state index contributed by atoms with van der Waals surface area (Å²) in [6.45, 7) is 2.61. The highest BCUT2D eigenvalue weighted by Crippen LogP contribution is 2.40. The van der Waals surface area contributed by atoms with Crippen LogP contribution in [0, 0.1) is 0 Å². The van der Waals surface area contributed by atoms with Crippen molar-refractivity contribution >= 4 is 11.6 Å². The second-order valence-corrected chi connectivity index (χ2v) is 4.06. The van der Waals surface area contributed by atoms with Crippen LogP contribution in [-0.2, 0) is 0 Å². The summed E-state index contributed by atoms with van der Waals surface area (Å²) in [4.78, 5) is 0. The summed E-state index contributed by atoms with van der Waals surface area (Å²) in [7, 11) is 0. The van der Waals surface area contributed by atoms with E-state index in [1.807, 2.05) is 0 Å². The number of unbranched alkanes of at least 4 members (excludes halogenated alkanes) is 3. The zero-order chi connectivity index (χ0) is 12.0.